The van der Waals surface area contributed by atoms with Crippen LogP contribution in [0.2, 0.25) is 0 Å². The first-order chi connectivity index (χ1) is 11.8. The molecule has 0 fully saturated rings. The molecule has 1 atom stereocenters. The van der Waals surface area contributed by atoms with Crippen LogP contribution in [0.5, 0.6) is 5.75 Å². The molecule has 2 aromatic carbocycles. The number of halogens is 2. The van der Waals surface area contributed by atoms with E-state index < -0.39 is 12.7 Å². The van der Waals surface area contributed by atoms with Gasteiger partial charge in [0.15, 0.2) is 5.96 Å². The molecule has 0 bridgehead atoms. The maximum absolute atomic E-state index is 12.2. The van der Waals surface area contributed by atoms with E-state index in [1.54, 1.807) is 6.07 Å². The lowest BCUT2D eigenvalue weighted by Gasteiger charge is -2.12. The third-order valence-corrected chi connectivity index (χ3v) is 3.68. The van der Waals surface area contributed by atoms with Crippen LogP contribution in [0.1, 0.15) is 22.8 Å². The zero-order valence-electron chi connectivity index (χ0n) is 14.0. The second-order valence-corrected chi connectivity index (χ2v) is 5.62. The van der Waals surface area contributed by atoms with E-state index in [1.165, 1.54) is 23.8 Å². The summed E-state index contributed by atoms with van der Waals surface area (Å²) in [6, 6.07) is 11.7. The molecule has 0 amide bonds. The fourth-order valence-corrected chi connectivity index (χ4v) is 2.19. The highest BCUT2D eigenvalue weighted by molar-refractivity contribution is 5.92. The predicted octanol–water partition coefficient (Wildman–Crippen LogP) is 3.37. The Hall–Kier alpha value is -2.67. The molecule has 0 heterocycles. The van der Waals surface area contributed by atoms with E-state index in [2.05, 4.69) is 15.0 Å². The van der Waals surface area contributed by atoms with Gasteiger partial charge in [-0.1, -0.05) is 18.2 Å². The molecule has 0 saturated carbocycles. The van der Waals surface area contributed by atoms with Gasteiger partial charge in [-0.05, 0) is 54.8 Å². The van der Waals surface area contributed by atoms with Gasteiger partial charge in [0, 0.05) is 5.69 Å². The predicted molar refractivity (Wildman–Crippen MR) is 94.1 cm³/mol. The van der Waals surface area contributed by atoms with Crippen LogP contribution in [0.15, 0.2) is 47.5 Å². The molecule has 1 unspecified atom stereocenters. The molecule has 0 spiro atoms. The second kappa shape index (κ2) is 8.43. The fourth-order valence-electron chi connectivity index (χ4n) is 2.19. The van der Waals surface area contributed by atoms with E-state index in [9.17, 15) is 13.9 Å². The number of aryl methyl sites for hydroxylation is 2. The summed E-state index contributed by atoms with van der Waals surface area (Å²) in [7, 11) is 0. The first kappa shape index (κ1) is 18.7. The number of nitrogens with one attached hydrogen (secondary N) is 1. The average molecular weight is 349 g/mol. The Kier molecular flexibility index (Phi) is 6.30. The normalized spacial score (nSPS) is 13.0. The van der Waals surface area contributed by atoms with Crippen LogP contribution < -0.4 is 15.8 Å². The van der Waals surface area contributed by atoms with Crippen molar-refractivity contribution in [3.8, 4) is 5.75 Å². The van der Waals surface area contributed by atoms with Crippen LogP contribution in [-0.4, -0.2) is 24.2 Å². The number of guanidine groups is 1. The van der Waals surface area contributed by atoms with Crippen LogP contribution in [0.25, 0.3) is 0 Å². The topological polar surface area (TPSA) is 79.9 Å². The van der Waals surface area contributed by atoms with Crippen LogP contribution >= 0.6 is 0 Å². The number of anilines is 1. The van der Waals surface area contributed by atoms with E-state index in [-0.39, 0.29) is 18.3 Å². The lowest BCUT2D eigenvalue weighted by atomic mass is 10.1. The van der Waals surface area contributed by atoms with Crippen molar-refractivity contribution in [1.29, 1.82) is 0 Å². The summed E-state index contributed by atoms with van der Waals surface area (Å²) in [5.74, 6) is 0.138. The lowest BCUT2D eigenvalue weighted by Crippen LogP contribution is -2.23. The SMILES string of the molecule is Cc1ccc(NC(N)=NCC(O)c2cccc(OC(F)F)c2)cc1C. The molecule has 0 aromatic heterocycles. The maximum Gasteiger partial charge on any atom is 0.387 e. The summed E-state index contributed by atoms with van der Waals surface area (Å²) in [5, 5.41) is 13.1. The van der Waals surface area contributed by atoms with Crippen LogP contribution in [-0.2, 0) is 0 Å². The molecule has 134 valence electrons. The summed E-state index contributed by atoms with van der Waals surface area (Å²) in [6.45, 7) is 1.08. The molecule has 7 heteroatoms. The van der Waals surface area contributed by atoms with E-state index in [0.29, 0.717) is 5.56 Å². The van der Waals surface area contributed by atoms with Crippen molar-refractivity contribution in [3.63, 3.8) is 0 Å². The van der Waals surface area contributed by atoms with E-state index in [4.69, 9.17) is 5.73 Å². The number of nitrogens with zero attached hydrogens (tertiary/aromatic N) is 1. The Labute approximate surface area is 145 Å². The largest absolute Gasteiger partial charge is 0.435 e. The summed E-state index contributed by atoms with van der Waals surface area (Å²) >= 11 is 0. The van der Waals surface area contributed by atoms with Gasteiger partial charge in [-0.25, -0.2) is 0 Å². The molecule has 25 heavy (non-hydrogen) atoms. The van der Waals surface area contributed by atoms with Crippen molar-refractivity contribution in [2.45, 2.75) is 26.6 Å². The molecule has 0 aliphatic carbocycles. The first-order valence-electron chi connectivity index (χ1n) is 7.72. The number of hydrogen-bond acceptors (Lipinski definition) is 3. The molecule has 0 aliphatic heterocycles. The van der Waals surface area contributed by atoms with Crippen LogP contribution in [0, 0.1) is 13.8 Å². The number of alkyl halides is 2. The lowest BCUT2D eigenvalue weighted by molar-refractivity contribution is -0.0499. The minimum atomic E-state index is -2.91. The van der Waals surface area contributed by atoms with Crippen molar-refractivity contribution in [1.82, 2.24) is 0 Å². The number of aliphatic imine (C=N–C) groups is 1. The summed E-state index contributed by atoms with van der Waals surface area (Å²) in [4.78, 5) is 4.08. The highest BCUT2D eigenvalue weighted by atomic mass is 19.3. The van der Waals surface area contributed by atoms with Crippen LogP contribution in [0.4, 0.5) is 14.5 Å². The number of rotatable bonds is 6. The average Bonchev–Trinajstić information content (AvgIpc) is 2.55. The smallest absolute Gasteiger partial charge is 0.387 e. The number of ether oxygens (including phenoxy) is 1. The minimum absolute atomic E-state index is 0.0121. The van der Waals surface area contributed by atoms with Crippen molar-refractivity contribution in [2.75, 3.05) is 11.9 Å². The molecule has 0 saturated heterocycles. The van der Waals surface area contributed by atoms with Gasteiger partial charge < -0.3 is 20.9 Å². The number of nitrogens with two attached hydrogens (primary N) is 1. The quantitative estimate of drug-likeness (QED) is 0.552. The molecule has 4 N–H and O–H groups in total. The van der Waals surface area contributed by atoms with Gasteiger partial charge in [-0.3, -0.25) is 4.99 Å². The fraction of sp³-hybridized carbons (Fsp3) is 0.278. The van der Waals surface area contributed by atoms with Gasteiger partial charge in [-0.15, -0.1) is 0 Å². The standard InChI is InChI=1S/C18H21F2N3O2/c1-11-6-7-14(8-12(11)2)23-18(21)22-10-16(24)13-4-3-5-15(9-13)25-17(19)20/h3-9,16-17,24H,10H2,1-2H3,(H3,21,22,23). The first-order valence-corrected chi connectivity index (χ1v) is 7.72. The van der Waals surface area contributed by atoms with Crippen molar-refractivity contribution in [2.24, 2.45) is 10.7 Å². The summed E-state index contributed by atoms with van der Waals surface area (Å²) < 4.78 is 28.8. The zero-order valence-corrected chi connectivity index (χ0v) is 14.0. The maximum atomic E-state index is 12.2. The second-order valence-electron chi connectivity index (χ2n) is 5.62. The van der Waals surface area contributed by atoms with E-state index in [1.807, 2.05) is 32.0 Å². The molecule has 2 rings (SSSR count). The van der Waals surface area contributed by atoms with Gasteiger partial charge in [0.2, 0.25) is 0 Å². The van der Waals surface area contributed by atoms with Gasteiger partial charge in [0.1, 0.15) is 5.75 Å². The van der Waals surface area contributed by atoms with Crippen molar-refractivity contribution in [3.05, 3.63) is 59.2 Å². The monoisotopic (exact) mass is 349 g/mol. The van der Waals surface area contributed by atoms with E-state index >= 15 is 0 Å². The van der Waals surface area contributed by atoms with Crippen molar-refractivity contribution >= 4 is 11.6 Å². The molecule has 0 aliphatic rings. The van der Waals surface area contributed by atoms with Gasteiger partial charge in [-0.2, -0.15) is 8.78 Å². The Morgan fingerprint density at radius 1 is 1.20 bits per heavy atom. The summed E-state index contributed by atoms with van der Waals surface area (Å²) in [6.07, 6.45) is -0.985. The molecule has 5 nitrogen and oxygen atoms in total. The number of aliphatic hydroxyl groups excluding tert-OH is 1. The molecular formula is C18H21F2N3O2. The summed E-state index contributed by atoms with van der Waals surface area (Å²) in [5.41, 5.74) is 9.32. The molecular weight excluding hydrogens is 328 g/mol. The Bertz CT molecular complexity index is 751. The Morgan fingerprint density at radius 2 is 1.96 bits per heavy atom. The Morgan fingerprint density at radius 3 is 2.64 bits per heavy atom. The van der Waals surface area contributed by atoms with Gasteiger partial charge >= 0.3 is 6.61 Å². The number of hydrogen-bond donors (Lipinski definition) is 3. The van der Waals surface area contributed by atoms with Gasteiger partial charge in [0.05, 0.1) is 12.6 Å². The molecule has 0 radical (unpaired) electrons. The van der Waals surface area contributed by atoms with Crippen LogP contribution in [0.3, 0.4) is 0 Å². The van der Waals surface area contributed by atoms with Crippen molar-refractivity contribution < 1.29 is 18.6 Å². The zero-order chi connectivity index (χ0) is 18.4. The third kappa shape index (κ3) is 5.72. The number of benzene rings is 2. The third-order valence-electron chi connectivity index (χ3n) is 3.68. The highest BCUT2D eigenvalue weighted by Gasteiger charge is 2.10. The number of aliphatic hydroxyl groups is 1. The molecule has 2 aromatic rings. The highest BCUT2D eigenvalue weighted by Crippen LogP contribution is 2.21. The minimum Gasteiger partial charge on any atom is -0.435 e. The van der Waals surface area contributed by atoms with Gasteiger partial charge in [0.25, 0.3) is 0 Å². The Balaban J connectivity index is 1.98. The van der Waals surface area contributed by atoms with E-state index in [0.717, 1.165) is 11.3 Å².